The largest absolute Gasteiger partial charge is 0.496 e. The molecule has 8 nitrogen and oxygen atoms in total. The number of hydrogen-bond donors (Lipinski definition) is 0. The van der Waals surface area contributed by atoms with Crippen molar-refractivity contribution in [1.29, 1.82) is 0 Å². The molecule has 0 saturated heterocycles. The standard InChI is InChI=1S/C20H28O5Si.C6H15O3P/c1-13(11-21)7-8-15-18(23-3)14(2)16-12-25-20(22)17(16)19(15)24-9-10-26(4,5)6;1-4-8-10(7,6-3)9-5-2/h7,11H,8-10,12H2,1-6H3;4-6H2,1-3H3/b13-7+;. The number of carbonyl (C=O) groups is 2. The molecule has 0 fully saturated rings. The molecule has 0 unspecified atom stereocenters. The van der Waals surface area contributed by atoms with Crippen molar-refractivity contribution in [2.75, 3.05) is 33.1 Å². The molecule has 0 amide bonds. The second-order valence-electron chi connectivity index (χ2n) is 9.59. The summed E-state index contributed by atoms with van der Waals surface area (Å²) in [5.74, 6) is 0.879. The van der Waals surface area contributed by atoms with E-state index in [1.807, 2.05) is 13.0 Å². The third-order valence-electron chi connectivity index (χ3n) is 5.58. The second-order valence-corrected chi connectivity index (χ2v) is 17.6. The van der Waals surface area contributed by atoms with Crippen molar-refractivity contribution in [3.8, 4) is 11.5 Å². The normalized spacial score (nSPS) is 13.5. The number of fused-ring (bicyclic) bond motifs is 1. The first-order chi connectivity index (χ1) is 16.9. The van der Waals surface area contributed by atoms with Gasteiger partial charge in [-0.15, -0.1) is 0 Å². The van der Waals surface area contributed by atoms with Crippen LogP contribution in [0.4, 0.5) is 0 Å². The minimum Gasteiger partial charge on any atom is -0.496 e. The summed E-state index contributed by atoms with van der Waals surface area (Å²) in [5, 5.41) is 0. The number of ether oxygens (including phenoxy) is 3. The van der Waals surface area contributed by atoms with Gasteiger partial charge in [-0.1, -0.05) is 32.6 Å². The van der Waals surface area contributed by atoms with Crippen LogP contribution in [0.2, 0.25) is 25.7 Å². The number of aldehydes is 1. The first-order valence-electron chi connectivity index (χ1n) is 12.4. The zero-order chi connectivity index (χ0) is 27.5. The molecule has 0 radical (unpaired) electrons. The second kappa shape index (κ2) is 14.7. The molecule has 1 aromatic carbocycles. The van der Waals surface area contributed by atoms with E-state index in [4.69, 9.17) is 23.3 Å². The zero-order valence-corrected chi connectivity index (χ0v) is 25.2. The van der Waals surface area contributed by atoms with Crippen LogP contribution in [0, 0.1) is 6.92 Å². The van der Waals surface area contributed by atoms with E-state index in [1.54, 1.807) is 34.8 Å². The lowest BCUT2D eigenvalue weighted by Crippen LogP contribution is -2.23. The summed E-state index contributed by atoms with van der Waals surface area (Å²) in [6.45, 7) is 17.6. The van der Waals surface area contributed by atoms with Gasteiger partial charge in [-0.05, 0) is 51.3 Å². The van der Waals surface area contributed by atoms with E-state index in [9.17, 15) is 14.2 Å². The lowest BCUT2D eigenvalue weighted by atomic mass is 9.95. The highest BCUT2D eigenvalue weighted by Gasteiger charge is 2.33. The van der Waals surface area contributed by atoms with Gasteiger partial charge in [-0.3, -0.25) is 9.36 Å². The summed E-state index contributed by atoms with van der Waals surface area (Å²) in [7, 11) is -2.37. The highest BCUT2D eigenvalue weighted by Crippen LogP contribution is 2.47. The summed E-state index contributed by atoms with van der Waals surface area (Å²) in [6.07, 6.45) is 3.54. The van der Waals surface area contributed by atoms with Gasteiger partial charge in [0.15, 0.2) is 0 Å². The van der Waals surface area contributed by atoms with Crippen LogP contribution in [-0.2, 0) is 36.2 Å². The topological polar surface area (TPSA) is 97.4 Å². The molecule has 0 spiro atoms. The Kier molecular flexibility index (Phi) is 13.1. The van der Waals surface area contributed by atoms with E-state index < -0.39 is 15.7 Å². The van der Waals surface area contributed by atoms with Gasteiger partial charge < -0.3 is 23.3 Å². The van der Waals surface area contributed by atoms with Crippen molar-refractivity contribution in [2.24, 2.45) is 0 Å². The predicted octanol–water partition coefficient (Wildman–Crippen LogP) is 6.35. The van der Waals surface area contributed by atoms with E-state index in [-0.39, 0.29) is 12.6 Å². The van der Waals surface area contributed by atoms with E-state index in [1.165, 1.54) is 0 Å². The number of rotatable bonds is 13. The van der Waals surface area contributed by atoms with Gasteiger partial charge >= 0.3 is 13.6 Å². The Morgan fingerprint density at radius 1 is 1.11 bits per heavy atom. The maximum absolute atomic E-state index is 12.3. The highest BCUT2D eigenvalue weighted by atomic mass is 31.2. The molecule has 0 N–H and O–H groups in total. The number of esters is 1. The summed E-state index contributed by atoms with van der Waals surface area (Å²) in [5.41, 5.74) is 3.64. The molecule has 0 atom stereocenters. The molecule has 1 heterocycles. The Morgan fingerprint density at radius 2 is 1.72 bits per heavy atom. The summed E-state index contributed by atoms with van der Waals surface area (Å²) >= 11 is 0. The fraction of sp³-hybridized carbons (Fsp3) is 0.615. The number of hydrogen-bond acceptors (Lipinski definition) is 8. The molecular formula is C26H43O8PSi. The highest BCUT2D eigenvalue weighted by molar-refractivity contribution is 7.53. The van der Waals surface area contributed by atoms with E-state index in [2.05, 4.69) is 19.6 Å². The quantitative estimate of drug-likeness (QED) is 0.0935. The third kappa shape index (κ3) is 9.18. The van der Waals surface area contributed by atoms with Crippen LogP contribution < -0.4 is 9.47 Å². The monoisotopic (exact) mass is 542 g/mol. The maximum Gasteiger partial charge on any atom is 0.342 e. The molecule has 1 aliphatic rings. The Labute approximate surface area is 217 Å². The molecule has 1 aromatic rings. The van der Waals surface area contributed by atoms with Crippen LogP contribution >= 0.6 is 7.60 Å². The van der Waals surface area contributed by atoms with Crippen molar-refractivity contribution in [3.05, 3.63) is 33.9 Å². The predicted molar refractivity (Wildman–Crippen MR) is 145 cm³/mol. The first-order valence-corrected chi connectivity index (χ1v) is 17.8. The van der Waals surface area contributed by atoms with Gasteiger partial charge in [0.1, 0.15) is 30.0 Å². The fourth-order valence-electron chi connectivity index (χ4n) is 3.55. The number of carbonyl (C=O) groups excluding carboxylic acids is 2. The van der Waals surface area contributed by atoms with Gasteiger partial charge in [0.2, 0.25) is 0 Å². The van der Waals surface area contributed by atoms with Crippen LogP contribution in [0.15, 0.2) is 11.6 Å². The van der Waals surface area contributed by atoms with Gasteiger partial charge in [0.25, 0.3) is 0 Å². The van der Waals surface area contributed by atoms with Crippen molar-refractivity contribution in [2.45, 2.75) is 73.3 Å². The lowest BCUT2D eigenvalue weighted by molar-refractivity contribution is -0.104. The molecule has 204 valence electrons. The van der Waals surface area contributed by atoms with Gasteiger partial charge in [0, 0.05) is 25.4 Å². The molecule has 0 aromatic heterocycles. The van der Waals surface area contributed by atoms with Crippen LogP contribution in [0.25, 0.3) is 0 Å². The van der Waals surface area contributed by atoms with Crippen molar-refractivity contribution < 1.29 is 37.4 Å². The average molecular weight is 543 g/mol. The van der Waals surface area contributed by atoms with Crippen LogP contribution in [0.3, 0.4) is 0 Å². The minimum absolute atomic E-state index is 0.240. The van der Waals surface area contributed by atoms with E-state index >= 15 is 0 Å². The SMILES string of the molecule is CCOP(=O)(CC)OCC.COc1c(C)c2c(c(OCC[Si](C)(C)C)c1C/C=C(\C)C=O)C(=O)OC2. The molecule has 0 bridgehead atoms. The molecule has 0 aliphatic carbocycles. The van der Waals surface area contributed by atoms with Crippen LogP contribution in [0.5, 0.6) is 11.5 Å². The van der Waals surface area contributed by atoms with Crippen molar-refractivity contribution in [1.82, 2.24) is 0 Å². The zero-order valence-electron chi connectivity index (χ0n) is 23.3. The van der Waals surface area contributed by atoms with Gasteiger partial charge in [-0.25, -0.2) is 4.79 Å². The van der Waals surface area contributed by atoms with Crippen molar-refractivity contribution in [3.63, 3.8) is 0 Å². The smallest absolute Gasteiger partial charge is 0.342 e. The van der Waals surface area contributed by atoms with Crippen LogP contribution in [-0.4, -0.2) is 53.4 Å². The number of benzene rings is 1. The fourth-order valence-corrected chi connectivity index (χ4v) is 5.49. The summed E-state index contributed by atoms with van der Waals surface area (Å²) in [6, 6.07) is 0.982. The third-order valence-corrected chi connectivity index (χ3v) is 9.36. The Bertz CT molecular complexity index is 971. The van der Waals surface area contributed by atoms with E-state index in [0.717, 1.165) is 29.0 Å². The molecule has 10 heteroatoms. The maximum atomic E-state index is 12.3. The molecule has 0 saturated carbocycles. The van der Waals surface area contributed by atoms with Gasteiger partial charge in [0.05, 0.1) is 26.9 Å². The Morgan fingerprint density at radius 3 is 2.19 bits per heavy atom. The number of allylic oxidation sites excluding steroid dienone is 2. The van der Waals surface area contributed by atoms with Gasteiger partial charge in [-0.2, -0.15) is 0 Å². The Hall–Kier alpha value is -1.93. The molecule has 36 heavy (non-hydrogen) atoms. The van der Waals surface area contributed by atoms with Crippen LogP contribution in [0.1, 0.15) is 54.7 Å². The number of cyclic esters (lactones) is 1. The molecule has 2 rings (SSSR count). The summed E-state index contributed by atoms with van der Waals surface area (Å²) in [4.78, 5) is 23.3. The summed E-state index contributed by atoms with van der Waals surface area (Å²) < 4.78 is 38.3. The first kappa shape index (κ1) is 32.1. The Balaban J connectivity index is 0.000000548. The lowest BCUT2D eigenvalue weighted by Gasteiger charge is -2.21. The molecule has 1 aliphatic heterocycles. The minimum atomic E-state index is -2.70. The van der Waals surface area contributed by atoms with E-state index in [0.29, 0.717) is 55.0 Å². The number of methoxy groups -OCH3 is 1. The average Bonchev–Trinajstić information content (AvgIpc) is 3.20. The van der Waals surface area contributed by atoms with Crippen molar-refractivity contribution >= 4 is 27.9 Å². The molecular weight excluding hydrogens is 499 g/mol.